The summed E-state index contributed by atoms with van der Waals surface area (Å²) in [6.07, 6.45) is -3.93. The molecule has 1 saturated heterocycles. The minimum Gasteiger partial charge on any atom is -0.394 e. The number of nitriles is 1. The summed E-state index contributed by atoms with van der Waals surface area (Å²) < 4.78 is 5.39. The number of hydrogen-bond acceptors (Lipinski definition) is 7. The number of aliphatic hydroxyl groups excluding tert-OH is 4. The Kier molecular flexibility index (Phi) is 6.88. The monoisotopic (exact) mass is 413 g/mol. The van der Waals surface area contributed by atoms with Crippen LogP contribution in [0.3, 0.4) is 0 Å². The summed E-state index contributed by atoms with van der Waals surface area (Å²) in [4.78, 5) is 0. The van der Waals surface area contributed by atoms with Crippen LogP contribution >= 0.6 is 0 Å². The van der Waals surface area contributed by atoms with E-state index in [9.17, 15) is 30.8 Å². The molecule has 1 aliphatic heterocycles. The van der Waals surface area contributed by atoms with Crippen molar-refractivity contribution in [2.24, 2.45) is 0 Å². The Balaban J connectivity index is 1.94. The van der Waals surface area contributed by atoms with Gasteiger partial charge in [0, 0.05) is 5.56 Å². The van der Waals surface area contributed by atoms with Crippen LogP contribution in [-0.2, 0) is 23.4 Å². The zero-order valence-corrected chi connectivity index (χ0v) is 16.8. The Hall–Kier alpha value is -2.31. The van der Waals surface area contributed by atoms with Gasteiger partial charge in [-0.05, 0) is 41.7 Å². The second-order valence-corrected chi connectivity index (χ2v) is 7.69. The van der Waals surface area contributed by atoms with Crippen LogP contribution in [0.1, 0.15) is 41.2 Å². The number of aliphatic hydroxyl groups is 5. The summed E-state index contributed by atoms with van der Waals surface area (Å²) in [7, 11) is 0. The van der Waals surface area contributed by atoms with Gasteiger partial charge in [-0.3, -0.25) is 0 Å². The molecule has 2 aromatic carbocycles. The third kappa shape index (κ3) is 4.25. The van der Waals surface area contributed by atoms with Crippen LogP contribution in [0.5, 0.6) is 0 Å². The number of rotatable bonds is 6. The molecule has 5 N–H and O–H groups in total. The van der Waals surface area contributed by atoms with Crippen molar-refractivity contribution in [3.63, 3.8) is 0 Å². The SMILES string of the molecule is CCCc1ccc(Cc2cc([C@]3(O)O[C@H](CO)[C@@H](O)[C@H](O)[C@H]3O)ccc2C#N)cc1. The summed E-state index contributed by atoms with van der Waals surface area (Å²) >= 11 is 0. The highest BCUT2D eigenvalue weighted by atomic mass is 16.7. The largest absolute Gasteiger partial charge is 0.394 e. The van der Waals surface area contributed by atoms with Crippen molar-refractivity contribution in [1.29, 1.82) is 5.26 Å². The molecular weight excluding hydrogens is 386 g/mol. The molecule has 1 fully saturated rings. The van der Waals surface area contributed by atoms with Crippen molar-refractivity contribution in [3.05, 3.63) is 70.3 Å². The molecule has 0 bridgehead atoms. The summed E-state index contributed by atoms with van der Waals surface area (Å²) in [5.74, 6) is -2.35. The van der Waals surface area contributed by atoms with Gasteiger partial charge < -0.3 is 30.3 Å². The third-order valence-electron chi connectivity index (χ3n) is 5.56. The lowest BCUT2D eigenvalue weighted by atomic mass is 9.86. The standard InChI is InChI=1S/C23H27NO6/c1-2-3-14-4-6-15(7-5-14)10-17-11-18(9-8-16(17)12-24)23(29)22(28)21(27)20(26)19(13-25)30-23/h4-9,11,19-22,25-29H,2-3,10,13H2,1H3/t19-,20-,21+,22-,23+/m1/s1. The van der Waals surface area contributed by atoms with E-state index in [4.69, 9.17) is 4.74 Å². The first-order valence-electron chi connectivity index (χ1n) is 10.0. The van der Waals surface area contributed by atoms with E-state index < -0.39 is 36.8 Å². The molecule has 0 aromatic heterocycles. The summed E-state index contributed by atoms with van der Waals surface area (Å²) in [6.45, 7) is 1.46. The van der Waals surface area contributed by atoms with Gasteiger partial charge in [0.25, 0.3) is 0 Å². The van der Waals surface area contributed by atoms with E-state index in [0.717, 1.165) is 18.4 Å². The Morgan fingerprint density at radius 1 is 1.03 bits per heavy atom. The summed E-state index contributed by atoms with van der Waals surface area (Å²) in [5, 5.41) is 60.3. The molecule has 30 heavy (non-hydrogen) atoms. The van der Waals surface area contributed by atoms with Crippen molar-refractivity contribution < 1.29 is 30.3 Å². The van der Waals surface area contributed by atoms with Gasteiger partial charge in [0.15, 0.2) is 0 Å². The van der Waals surface area contributed by atoms with Crippen LogP contribution in [-0.4, -0.2) is 56.6 Å². The Morgan fingerprint density at radius 3 is 2.30 bits per heavy atom. The molecule has 1 heterocycles. The number of aryl methyl sites for hydroxylation is 1. The molecule has 2 aromatic rings. The fraction of sp³-hybridized carbons (Fsp3) is 0.435. The quantitative estimate of drug-likeness (QED) is 0.471. The molecule has 1 aliphatic rings. The maximum Gasteiger partial charge on any atom is 0.222 e. The van der Waals surface area contributed by atoms with Crippen molar-refractivity contribution in [2.75, 3.05) is 6.61 Å². The average Bonchev–Trinajstić information content (AvgIpc) is 2.76. The van der Waals surface area contributed by atoms with Crippen LogP contribution in [0.4, 0.5) is 0 Å². The van der Waals surface area contributed by atoms with Gasteiger partial charge in [0.2, 0.25) is 5.79 Å². The van der Waals surface area contributed by atoms with Gasteiger partial charge in [-0.2, -0.15) is 5.26 Å². The molecule has 5 atom stereocenters. The van der Waals surface area contributed by atoms with Crippen molar-refractivity contribution in [2.45, 2.75) is 56.4 Å². The molecule has 7 nitrogen and oxygen atoms in total. The normalized spacial score (nSPS) is 28.8. The molecule has 0 unspecified atom stereocenters. The maximum absolute atomic E-state index is 11.0. The molecule has 0 amide bonds. The van der Waals surface area contributed by atoms with Gasteiger partial charge in [0.05, 0.1) is 18.2 Å². The topological polar surface area (TPSA) is 134 Å². The Morgan fingerprint density at radius 2 is 1.70 bits per heavy atom. The maximum atomic E-state index is 11.0. The minimum atomic E-state index is -2.35. The number of ether oxygens (including phenoxy) is 1. The van der Waals surface area contributed by atoms with E-state index >= 15 is 0 Å². The van der Waals surface area contributed by atoms with E-state index in [1.54, 1.807) is 6.07 Å². The second kappa shape index (κ2) is 9.23. The zero-order chi connectivity index (χ0) is 21.9. The summed E-state index contributed by atoms with van der Waals surface area (Å²) in [6, 6.07) is 14.7. The number of nitrogens with zero attached hydrogens (tertiary/aromatic N) is 1. The molecule has 160 valence electrons. The third-order valence-corrected chi connectivity index (χ3v) is 5.56. The van der Waals surface area contributed by atoms with Crippen molar-refractivity contribution >= 4 is 0 Å². The van der Waals surface area contributed by atoms with Crippen LogP contribution in [0.15, 0.2) is 42.5 Å². The summed E-state index contributed by atoms with van der Waals surface area (Å²) in [5.41, 5.74) is 3.35. The van der Waals surface area contributed by atoms with Crippen LogP contribution in [0, 0.1) is 11.3 Å². The van der Waals surface area contributed by atoms with Gasteiger partial charge in [-0.15, -0.1) is 0 Å². The van der Waals surface area contributed by atoms with E-state index in [0.29, 0.717) is 17.5 Å². The first-order valence-corrected chi connectivity index (χ1v) is 10.0. The van der Waals surface area contributed by atoms with Gasteiger partial charge in [-0.1, -0.05) is 43.7 Å². The van der Waals surface area contributed by atoms with E-state index in [2.05, 4.69) is 13.0 Å². The average molecular weight is 413 g/mol. The van der Waals surface area contributed by atoms with E-state index in [1.807, 2.05) is 24.3 Å². The lowest BCUT2D eigenvalue weighted by Gasteiger charge is -2.45. The smallest absolute Gasteiger partial charge is 0.222 e. The van der Waals surface area contributed by atoms with Crippen LogP contribution in [0.2, 0.25) is 0 Å². The first kappa shape index (κ1) is 22.4. The lowest BCUT2D eigenvalue weighted by Crippen LogP contribution is -2.63. The lowest BCUT2D eigenvalue weighted by molar-refractivity contribution is -0.357. The first-order chi connectivity index (χ1) is 14.3. The highest BCUT2D eigenvalue weighted by Crippen LogP contribution is 2.37. The van der Waals surface area contributed by atoms with Crippen LogP contribution < -0.4 is 0 Å². The van der Waals surface area contributed by atoms with Crippen molar-refractivity contribution in [1.82, 2.24) is 0 Å². The number of benzene rings is 2. The highest BCUT2D eigenvalue weighted by Gasteiger charge is 2.53. The van der Waals surface area contributed by atoms with Gasteiger partial charge in [0.1, 0.15) is 24.4 Å². The molecular formula is C23H27NO6. The predicted octanol–water partition coefficient (Wildman–Crippen LogP) is 0.720. The molecule has 0 spiro atoms. The minimum absolute atomic E-state index is 0.121. The zero-order valence-electron chi connectivity index (χ0n) is 16.8. The molecule has 0 saturated carbocycles. The van der Waals surface area contributed by atoms with E-state index in [-0.39, 0.29) is 5.56 Å². The number of hydrogen-bond donors (Lipinski definition) is 5. The van der Waals surface area contributed by atoms with Gasteiger partial charge >= 0.3 is 0 Å². The molecule has 0 aliphatic carbocycles. The van der Waals surface area contributed by atoms with E-state index in [1.165, 1.54) is 17.7 Å². The Bertz CT molecular complexity index is 907. The van der Waals surface area contributed by atoms with Crippen molar-refractivity contribution in [3.8, 4) is 6.07 Å². The highest BCUT2D eigenvalue weighted by molar-refractivity contribution is 5.44. The van der Waals surface area contributed by atoms with Gasteiger partial charge in [-0.25, -0.2) is 0 Å². The predicted molar refractivity (Wildman–Crippen MR) is 108 cm³/mol. The molecule has 0 radical (unpaired) electrons. The molecule has 3 rings (SSSR count). The van der Waals surface area contributed by atoms with Crippen LogP contribution in [0.25, 0.3) is 0 Å². The fourth-order valence-electron chi connectivity index (χ4n) is 3.80. The Labute approximate surface area is 175 Å². The molecule has 7 heteroatoms. The fourth-order valence-corrected chi connectivity index (χ4v) is 3.80. The second-order valence-electron chi connectivity index (χ2n) is 7.69.